The first-order valence-corrected chi connectivity index (χ1v) is 9.10. The second kappa shape index (κ2) is 4.34. The molecule has 2 fully saturated rings. The number of aryl methyl sites for hydroxylation is 2. The summed E-state index contributed by atoms with van der Waals surface area (Å²) in [5.41, 5.74) is 2.16. The van der Waals surface area contributed by atoms with E-state index in [9.17, 15) is 4.79 Å². The fraction of sp³-hybridized carbons (Fsp3) is 0.722. The molecule has 0 unspecified atom stereocenters. The average Bonchev–Trinajstić information content (AvgIpc) is 2.97. The number of carbonyl (C=O) groups is 1. The quantitative estimate of drug-likeness (QED) is 0.758. The number of nitrogens with zero attached hydrogens (tertiary/aromatic N) is 1. The number of rotatable bonds is 1. The molecule has 2 aliphatic carbocycles. The van der Waals surface area contributed by atoms with Crippen LogP contribution in [0.1, 0.15) is 66.6 Å². The molecule has 21 heavy (non-hydrogen) atoms. The zero-order chi connectivity index (χ0) is 14.8. The van der Waals surface area contributed by atoms with Gasteiger partial charge in [0.05, 0.1) is 4.88 Å². The lowest BCUT2D eigenvalue weighted by Crippen LogP contribution is -2.37. The van der Waals surface area contributed by atoms with E-state index >= 15 is 0 Å². The molecular weight excluding hydrogens is 278 g/mol. The first kappa shape index (κ1) is 13.8. The van der Waals surface area contributed by atoms with Crippen LogP contribution >= 0.6 is 11.3 Å². The number of carbonyl (C=O) groups excluding carboxylic acids is 1. The van der Waals surface area contributed by atoms with Crippen molar-refractivity contribution in [1.82, 2.24) is 4.90 Å². The number of likely N-dealkylation sites (tertiary alicyclic amines) is 1. The zero-order valence-corrected chi connectivity index (χ0v) is 14.2. The van der Waals surface area contributed by atoms with E-state index in [2.05, 4.69) is 31.7 Å². The van der Waals surface area contributed by atoms with Crippen LogP contribution in [0.2, 0.25) is 0 Å². The molecule has 0 radical (unpaired) electrons. The Morgan fingerprint density at radius 2 is 2.10 bits per heavy atom. The average molecular weight is 303 g/mol. The predicted molar refractivity (Wildman–Crippen MR) is 86.9 cm³/mol. The van der Waals surface area contributed by atoms with Crippen LogP contribution in [-0.2, 0) is 12.8 Å². The minimum absolute atomic E-state index is 0.306. The van der Waals surface area contributed by atoms with Gasteiger partial charge in [-0.2, -0.15) is 0 Å². The summed E-state index contributed by atoms with van der Waals surface area (Å²) < 4.78 is 0. The maximum absolute atomic E-state index is 13.0. The van der Waals surface area contributed by atoms with Crippen LogP contribution < -0.4 is 0 Å². The van der Waals surface area contributed by atoms with Gasteiger partial charge in [-0.3, -0.25) is 4.79 Å². The molecule has 2 nitrogen and oxygen atoms in total. The second-order valence-corrected chi connectivity index (χ2v) is 9.70. The Balaban J connectivity index is 1.60. The van der Waals surface area contributed by atoms with Gasteiger partial charge in [0.25, 0.3) is 5.91 Å². The highest BCUT2D eigenvalue weighted by molar-refractivity contribution is 7.14. The van der Waals surface area contributed by atoms with Crippen LogP contribution in [-0.4, -0.2) is 23.4 Å². The summed E-state index contributed by atoms with van der Waals surface area (Å²) in [6.45, 7) is 8.07. The SMILES string of the molecule is CC1(C)C[C@H]2C[C@](C)(CN2C(=O)c2cc3c(s2)CCC3)C1. The highest BCUT2D eigenvalue weighted by Crippen LogP contribution is 2.52. The lowest BCUT2D eigenvalue weighted by atomic mass is 9.65. The van der Waals surface area contributed by atoms with Gasteiger partial charge in [-0.05, 0) is 61.0 Å². The molecular formula is C18H25NOS. The van der Waals surface area contributed by atoms with Crippen LogP contribution in [0.4, 0.5) is 0 Å². The molecule has 0 aromatic carbocycles. The van der Waals surface area contributed by atoms with Crippen LogP contribution in [0, 0.1) is 10.8 Å². The second-order valence-electron chi connectivity index (χ2n) is 8.56. The topological polar surface area (TPSA) is 20.3 Å². The highest BCUT2D eigenvalue weighted by Gasteiger charge is 2.51. The van der Waals surface area contributed by atoms with Crippen LogP contribution in [0.15, 0.2) is 6.07 Å². The lowest BCUT2D eigenvalue weighted by Gasteiger charge is -2.39. The van der Waals surface area contributed by atoms with Crippen LogP contribution in [0.25, 0.3) is 0 Å². The van der Waals surface area contributed by atoms with E-state index in [4.69, 9.17) is 0 Å². The van der Waals surface area contributed by atoms with Crippen molar-refractivity contribution in [3.63, 3.8) is 0 Å². The fourth-order valence-electron chi connectivity index (χ4n) is 5.27. The standard InChI is InChI=1S/C18H25NOS/c1-17(2)8-13-9-18(3,10-17)11-19(13)16(20)15-7-12-5-4-6-14(12)21-15/h7,13H,4-6,8-11H2,1-3H3/t13-,18-/m0/s1. The number of fused-ring (bicyclic) bond motifs is 3. The molecule has 3 aliphatic rings. The van der Waals surface area contributed by atoms with Gasteiger partial charge in [0, 0.05) is 17.5 Å². The van der Waals surface area contributed by atoms with Gasteiger partial charge < -0.3 is 4.90 Å². The Labute approximate surface area is 131 Å². The first-order chi connectivity index (χ1) is 9.85. The van der Waals surface area contributed by atoms with Gasteiger partial charge in [0.15, 0.2) is 0 Å². The van der Waals surface area contributed by atoms with E-state index in [1.807, 2.05) is 0 Å². The van der Waals surface area contributed by atoms with Crippen molar-refractivity contribution < 1.29 is 4.79 Å². The third-order valence-electron chi connectivity index (χ3n) is 5.63. The molecule has 1 aliphatic heterocycles. The molecule has 0 spiro atoms. The molecule has 1 aromatic rings. The Kier molecular flexibility index (Phi) is 2.86. The van der Waals surface area contributed by atoms with Crippen molar-refractivity contribution in [3.05, 3.63) is 21.4 Å². The predicted octanol–water partition coefficient (Wildman–Crippen LogP) is 4.28. The zero-order valence-electron chi connectivity index (χ0n) is 13.4. The smallest absolute Gasteiger partial charge is 0.264 e. The summed E-state index contributed by atoms with van der Waals surface area (Å²) in [6, 6.07) is 2.65. The van der Waals surface area contributed by atoms with Crippen molar-refractivity contribution in [2.45, 2.75) is 65.3 Å². The minimum Gasteiger partial charge on any atom is -0.334 e. The molecule has 3 heteroatoms. The summed E-state index contributed by atoms with van der Waals surface area (Å²) in [4.78, 5) is 17.6. The minimum atomic E-state index is 0.306. The number of hydrogen-bond donors (Lipinski definition) is 0. The van der Waals surface area contributed by atoms with E-state index in [1.165, 1.54) is 49.0 Å². The van der Waals surface area contributed by atoms with Gasteiger partial charge in [-0.25, -0.2) is 0 Å². The molecule has 4 rings (SSSR count). The van der Waals surface area contributed by atoms with Crippen LogP contribution in [0.5, 0.6) is 0 Å². The molecule has 114 valence electrons. The molecule has 2 atom stereocenters. The fourth-order valence-corrected chi connectivity index (χ4v) is 6.48. The highest BCUT2D eigenvalue weighted by atomic mass is 32.1. The number of amides is 1. The van der Waals surface area contributed by atoms with E-state index in [0.29, 0.717) is 22.8 Å². The normalized spacial score (nSPS) is 33.3. The molecule has 1 amide bonds. The van der Waals surface area contributed by atoms with Crippen molar-refractivity contribution in [3.8, 4) is 0 Å². The molecule has 0 N–H and O–H groups in total. The number of thiophene rings is 1. The summed E-state index contributed by atoms with van der Waals surface area (Å²) in [6.07, 6.45) is 7.25. The first-order valence-electron chi connectivity index (χ1n) is 8.28. The van der Waals surface area contributed by atoms with Crippen molar-refractivity contribution in [2.24, 2.45) is 10.8 Å². The van der Waals surface area contributed by atoms with Gasteiger partial charge in [-0.1, -0.05) is 20.8 Å². The third kappa shape index (κ3) is 2.25. The van der Waals surface area contributed by atoms with E-state index in [-0.39, 0.29) is 0 Å². The lowest BCUT2D eigenvalue weighted by molar-refractivity contribution is 0.0713. The summed E-state index contributed by atoms with van der Waals surface area (Å²) >= 11 is 1.76. The third-order valence-corrected chi connectivity index (χ3v) is 6.86. The summed E-state index contributed by atoms with van der Waals surface area (Å²) in [7, 11) is 0. The van der Waals surface area contributed by atoms with Gasteiger partial charge >= 0.3 is 0 Å². The van der Waals surface area contributed by atoms with Crippen LogP contribution in [0.3, 0.4) is 0 Å². The maximum Gasteiger partial charge on any atom is 0.264 e. The summed E-state index contributed by atoms with van der Waals surface area (Å²) in [5, 5.41) is 0. The van der Waals surface area contributed by atoms with E-state index < -0.39 is 0 Å². The summed E-state index contributed by atoms with van der Waals surface area (Å²) in [5.74, 6) is 0.306. The molecule has 2 bridgehead atoms. The monoisotopic (exact) mass is 303 g/mol. The molecule has 1 saturated heterocycles. The number of hydrogen-bond acceptors (Lipinski definition) is 2. The maximum atomic E-state index is 13.0. The van der Waals surface area contributed by atoms with Crippen molar-refractivity contribution in [1.29, 1.82) is 0 Å². The van der Waals surface area contributed by atoms with Crippen molar-refractivity contribution >= 4 is 17.2 Å². The molecule has 2 heterocycles. The molecule has 1 aromatic heterocycles. The van der Waals surface area contributed by atoms with Gasteiger partial charge in [0.1, 0.15) is 0 Å². The molecule has 1 saturated carbocycles. The van der Waals surface area contributed by atoms with E-state index in [1.54, 1.807) is 11.3 Å². The van der Waals surface area contributed by atoms with Crippen molar-refractivity contribution in [2.75, 3.05) is 6.54 Å². The Morgan fingerprint density at radius 3 is 2.86 bits per heavy atom. The Morgan fingerprint density at radius 1 is 1.29 bits per heavy atom. The largest absolute Gasteiger partial charge is 0.334 e. The van der Waals surface area contributed by atoms with Gasteiger partial charge in [-0.15, -0.1) is 11.3 Å². The Bertz CT molecular complexity index is 581. The Hall–Kier alpha value is -0.830. The van der Waals surface area contributed by atoms with E-state index in [0.717, 1.165) is 11.4 Å². The van der Waals surface area contributed by atoms with Gasteiger partial charge in [0.2, 0.25) is 0 Å².